The molecule has 0 saturated heterocycles. The number of rotatable bonds is 7. The maximum atomic E-state index is 11.7. The molecule has 21 heavy (non-hydrogen) atoms. The van der Waals surface area contributed by atoms with Crippen LogP contribution in [-0.2, 0) is 14.3 Å². The minimum atomic E-state index is -0.304. The van der Waals surface area contributed by atoms with Gasteiger partial charge in [0.1, 0.15) is 12.9 Å². The van der Waals surface area contributed by atoms with Crippen LogP contribution in [0.4, 0.5) is 5.69 Å². The molecule has 9 heteroatoms. The number of carbonyl (C=O) groups excluding carboxylic acids is 1. The van der Waals surface area contributed by atoms with Gasteiger partial charge in [0.15, 0.2) is 0 Å². The molecule has 2 rings (SSSR count). The molecule has 1 aromatic carbocycles. The Kier molecular flexibility index (Phi) is 5.61. The van der Waals surface area contributed by atoms with Gasteiger partial charge in [0.25, 0.3) is 0 Å². The van der Waals surface area contributed by atoms with Crippen LogP contribution in [0.2, 0.25) is 5.02 Å². The molecule has 0 fully saturated rings. The van der Waals surface area contributed by atoms with Crippen molar-refractivity contribution in [3.8, 4) is 5.69 Å². The minimum Gasteiger partial charge on any atom is -0.382 e. The van der Waals surface area contributed by atoms with Crippen LogP contribution in [0.3, 0.4) is 0 Å². The van der Waals surface area contributed by atoms with Crippen molar-refractivity contribution in [1.82, 2.24) is 20.2 Å². The van der Waals surface area contributed by atoms with E-state index < -0.39 is 0 Å². The highest BCUT2D eigenvalue weighted by atomic mass is 35.5. The molecule has 1 heterocycles. The SMILES string of the molecule is COCCOCC(=O)Nc1cc(-n2cnnn2)ccc1Cl. The predicted molar refractivity (Wildman–Crippen MR) is 75.5 cm³/mol. The zero-order chi connectivity index (χ0) is 15.1. The third-order valence-electron chi connectivity index (χ3n) is 2.50. The fourth-order valence-corrected chi connectivity index (χ4v) is 1.69. The first-order valence-corrected chi connectivity index (χ1v) is 6.48. The van der Waals surface area contributed by atoms with Crippen LogP contribution in [0.5, 0.6) is 0 Å². The number of tetrazole rings is 1. The highest BCUT2D eigenvalue weighted by molar-refractivity contribution is 6.33. The first kappa shape index (κ1) is 15.4. The Labute approximate surface area is 126 Å². The van der Waals surface area contributed by atoms with Crippen molar-refractivity contribution in [2.75, 3.05) is 32.2 Å². The monoisotopic (exact) mass is 311 g/mol. The number of nitrogens with one attached hydrogen (secondary N) is 1. The summed E-state index contributed by atoms with van der Waals surface area (Å²) in [5, 5.41) is 14.0. The molecule has 112 valence electrons. The number of aromatic nitrogens is 4. The first-order valence-electron chi connectivity index (χ1n) is 6.10. The van der Waals surface area contributed by atoms with Gasteiger partial charge < -0.3 is 14.8 Å². The van der Waals surface area contributed by atoms with Crippen LogP contribution < -0.4 is 5.32 Å². The van der Waals surface area contributed by atoms with Crippen molar-refractivity contribution < 1.29 is 14.3 Å². The molecule has 0 atom stereocenters. The maximum absolute atomic E-state index is 11.7. The molecule has 0 saturated carbocycles. The number of halogens is 1. The van der Waals surface area contributed by atoms with Gasteiger partial charge in [0, 0.05) is 7.11 Å². The fraction of sp³-hybridized carbons (Fsp3) is 0.333. The largest absolute Gasteiger partial charge is 0.382 e. The number of carbonyl (C=O) groups is 1. The normalized spacial score (nSPS) is 10.6. The quantitative estimate of drug-likeness (QED) is 0.764. The second kappa shape index (κ2) is 7.67. The molecule has 2 aromatic rings. The highest BCUT2D eigenvalue weighted by Crippen LogP contribution is 2.24. The molecule has 1 N–H and O–H groups in total. The van der Waals surface area contributed by atoms with Gasteiger partial charge in [-0.1, -0.05) is 11.6 Å². The lowest BCUT2D eigenvalue weighted by Gasteiger charge is -2.09. The van der Waals surface area contributed by atoms with Crippen LogP contribution in [-0.4, -0.2) is 53.0 Å². The van der Waals surface area contributed by atoms with E-state index in [4.69, 9.17) is 21.1 Å². The Bertz CT molecular complexity index is 591. The lowest BCUT2D eigenvalue weighted by atomic mass is 10.2. The van der Waals surface area contributed by atoms with Gasteiger partial charge in [-0.2, -0.15) is 0 Å². The van der Waals surface area contributed by atoms with Crippen molar-refractivity contribution >= 4 is 23.2 Å². The number of ether oxygens (including phenoxy) is 2. The fourth-order valence-electron chi connectivity index (χ4n) is 1.52. The van der Waals surface area contributed by atoms with Crippen LogP contribution in [0.25, 0.3) is 5.69 Å². The summed E-state index contributed by atoms with van der Waals surface area (Å²) in [6, 6.07) is 5.06. The van der Waals surface area contributed by atoms with Gasteiger partial charge in [0.2, 0.25) is 5.91 Å². The van der Waals surface area contributed by atoms with Gasteiger partial charge in [-0.25, -0.2) is 4.68 Å². The molecule has 1 aromatic heterocycles. The Morgan fingerprint density at radius 3 is 3.00 bits per heavy atom. The van der Waals surface area contributed by atoms with Crippen molar-refractivity contribution in [1.29, 1.82) is 0 Å². The molecule has 0 aliphatic heterocycles. The molecule has 0 unspecified atom stereocenters. The van der Waals surface area contributed by atoms with Crippen LogP contribution in [0.1, 0.15) is 0 Å². The van der Waals surface area contributed by atoms with Gasteiger partial charge in [-0.05, 0) is 28.6 Å². The number of amides is 1. The number of hydrogen-bond donors (Lipinski definition) is 1. The van der Waals surface area contributed by atoms with Crippen molar-refractivity contribution in [3.63, 3.8) is 0 Å². The summed E-state index contributed by atoms with van der Waals surface area (Å²) in [6.07, 6.45) is 1.45. The minimum absolute atomic E-state index is 0.0746. The summed E-state index contributed by atoms with van der Waals surface area (Å²) in [7, 11) is 1.56. The van der Waals surface area contributed by atoms with Gasteiger partial charge in [0.05, 0.1) is 29.6 Å². The second-order valence-electron chi connectivity index (χ2n) is 4.01. The number of anilines is 1. The third kappa shape index (κ3) is 4.48. The first-order chi connectivity index (χ1) is 10.2. The van der Waals surface area contributed by atoms with Crippen LogP contribution in [0, 0.1) is 0 Å². The van der Waals surface area contributed by atoms with Gasteiger partial charge >= 0.3 is 0 Å². The van der Waals surface area contributed by atoms with Gasteiger partial charge in [-0.15, -0.1) is 5.10 Å². The maximum Gasteiger partial charge on any atom is 0.250 e. The van der Waals surface area contributed by atoms with Crippen molar-refractivity contribution in [3.05, 3.63) is 29.5 Å². The summed E-state index contributed by atoms with van der Waals surface area (Å²) >= 11 is 6.05. The molecule has 8 nitrogen and oxygen atoms in total. The summed E-state index contributed by atoms with van der Waals surface area (Å²) in [6.45, 7) is 0.708. The van der Waals surface area contributed by atoms with E-state index in [1.165, 1.54) is 11.0 Å². The number of hydrogen-bond acceptors (Lipinski definition) is 6. The molecule has 1 amide bonds. The summed E-state index contributed by atoms with van der Waals surface area (Å²) in [5.74, 6) is -0.304. The van der Waals surface area contributed by atoms with Crippen LogP contribution in [0.15, 0.2) is 24.5 Å². The van der Waals surface area contributed by atoms with E-state index in [-0.39, 0.29) is 12.5 Å². The zero-order valence-electron chi connectivity index (χ0n) is 11.3. The Hall–Kier alpha value is -2.03. The Balaban J connectivity index is 1.99. The van der Waals surface area contributed by atoms with Crippen LogP contribution >= 0.6 is 11.6 Å². The Morgan fingerprint density at radius 1 is 1.43 bits per heavy atom. The second-order valence-corrected chi connectivity index (χ2v) is 4.42. The van der Waals surface area contributed by atoms with E-state index in [2.05, 4.69) is 20.8 Å². The average molecular weight is 312 g/mol. The lowest BCUT2D eigenvalue weighted by Crippen LogP contribution is -2.20. The van der Waals surface area contributed by atoms with E-state index in [0.717, 1.165) is 0 Å². The third-order valence-corrected chi connectivity index (χ3v) is 2.83. The number of methoxy groups -OCH3 is 1. The predicted octanol–water partition coefficient (Wildman–Crippen LogP) is 0.917. The molecule has 0 spiro atoms. The topological polar surface area (TPSA) is 91.2 Å². The average Bonchev–Trinajstić information content (AvgIpc) is 3.00. The lowest BCUT2D eigenvalue weighted by molar-refractivity contribution is -0.121. The molecule has 0 aliphatic carbocycles. The number of nitrogens with zero attached hydrogens (tertiary/aromatic N) is 4. The summed E-state index contributed by atoms with van der Waals surface area (Å²) < 4.78 is 11.4. The van der Waals surface area contributed by atoms with E-state index in [9.17, 15) is 4.79 Å². The Morgan fingerprint density at radius 2 is 2.29 bits per heavy atom. The molecule has 0 bridgehead atoms. The number of benzene rings is 1. The summed E-state index contributed by atoms with van der Waals surface area (Å²) in [5.41, 5.74) is 1.14. The molecule has 0 radical (unpaired) electrons. The standard InChI is InChI=1S/C12H14ClN5O3/c1-20-4-5-21-7-12(19)15-11-6-9(2-3-10(11)13)18-8-14-16-17-18/h2-3,6,8H,4-5,7H2,1H3,(H,15,19). The zero-order valence-corrected chi connectivity index (χ0v) is 12.1. The van der Waals surface area contributed by atoms with E-state index >= 15 is 0 Å². The van der Waals surface area contributed by atoms with E-state index in [1.807, 2.05) is 0 Å². The highest BCUT2D eigenvalue weighted by Gasteiger charge is 2.08. The van der Waals surface area contributed by atoms with Crippen molar-refractivity contribution in [2.45, 2.75) is 0 Å². The van der Waals surface area contributed by atoms with Crippen molar-refractivity contribution in [2.24, 2.45) is 0 Å². The molecular weight excluding hydrogens is 298 g/mol. The summed E-state index contributed by atoms with van der Waals surface area (Å²) in [4.78, 5) is 11.7. The molecular formula is C12H14ClN5O3. The van der Waals surface area contributed by atoms with Gasteiger partial charge in [-0.3, -0.25) is 4.79 Å². The smallest absolute Gasteiger partial charge is 0.250 e. The molecule has 0 aliphatic rings. The van der Waals surface area contributed by atoms with E-state index in [0.29, 0.717) is 29.6 Å². The van der Waals surface area contributed by atoms with E-state index in [1.54, 1.807) is 25.3 Å².